The standard InChI is InChI=1S/C25H31FN4O/c1-18(20-8-5-4-6-9-20)17-27-25(31)19(2)30(3)15-7-10-23-16-24(29-28-23)21-11-13-22(26)14-12-21/h4-6,8-9,11-14,16,18-19H,7,10,15,17H2,1-3H3,(H,27,31)(H,28,29). The minimum Gasteiger partial charge on any atom is -0.354 e. The third-order valence-electron chi connectivity index (χ3n) is 5.72. The molecule has 0 saturated heterocycles. The average molecular weight is 423 g/mol. The Morgan fingerprint density at radius 1 is 1.13 bits per heavy atom. The van der Waals surface area contributed by atoms with Gasteiger partial charge in [0, 0.05) is 17.8 Å². The third-order valence-corrected chi connectivity index (χ3v) is 5.72. The van der Waals surface area contributed by atoms with Crippen LogP contribution in [0, 0.1) is 5.82 Å². The second kappa shape index (κ2) is 10.9. The number of H-pyrrole nitrogens is 1. The van der Waals surface area contributed by atoms with Gasteiger partial charge in [-0.25, -0.2) is 4.39 Å². The van der Waals surface area contributed by atoms with Crippen molar-refractivity contribution in [1.82, 2.24) is 20.4 Å². The quantitative estimate of drug-likeness (QED) is 0.509. The highest BCUT2D eigenvalue weighted by atomic mass is 19.1. The van der Waals surface area contributed by atoms with Gasteiger partial charge in [-0.2, -0.15) is 5.10 Å². The second-order valence-electron chi connectivity index (χ2n) is 8.10. The van der Waals surface area contributed by atoms with Gasteiger partial charge in [-0.3, -0.25) is 14.8 Å². The molecule has 3 rings (SSSR count). The van der Waals surface area contributed by atoms with Crippen molar-refractivity contribution >= 4 is 5.91 Å². The fourth-order valence-electron chi connectivity index (χ4n) is 3.47. The Morgan fingerprint density at radius 2 is 1.84 bits per heavy atom. The molecule has 2 N–H and O–H groups in total. The van der Waals surface area contributed by atoms with Gasteiger partial charge in [0.2, 0.25) is 5.91 Å². The molecule has 0 radical (unpaired) electrons. The highest BCUT2D eigenvalue weighted by Crippen LogP contribution is 2.18. The van der Waals surface area contributed by atoms with Crippen LogP contribution in [0.15, 0.2) is 60.7 Å². The smallest absolute Gasteiger partial charge is 0.237 e. The number of aromatic amines is 1. The maximum absolute atomic E-state index is 13.1. The molecule has 2 atom stereocenters. The van der Waals surface area contributed by atoms with Crippen LogP contribution in [-0.2, 0) is 11.2 Å². The van der Waals surface area contributed by atoms with E-state index >= 15 is 0 Å². The number of rotatable bonds is 10. The molecule has 1 amide bonds. The lowest BCUT2D eigenvalue weighted by atomic mass is 10.0. The number of amides is 1. The fraction of sp³-hybridized carbons (Fsp3) is 0.360. The largest absolute Gasteiger partial charge is 0.354 e. The lowest BCUT2D eigenvalue weighted by molar-refractivity contribution is -0.125. The van der Waals surface area contributed by atoms with Gasteiger partial charge in [0.1, 0.15) is 5.82 Å². The molecule has 0 saturated carbocycles. The normalized spacial score (nSPS) is 13.2. The van der Waals surface area contributed by atoms with Crippen LogP contribution < -0.4 is 5.32 Å². The van der Waals surface area contributed by atoms with E-state index in [9.17, 15) is 9.18 Å². The fourth-order valence-corrected chi connectivity index (χ4v) is 3.47. The van der Waals surface area contributed by atoms with Gasteiger partial charge in [0.05, 0.1) is 11.7 Å². The van der Waals surface area contributed by atoms with Crippen LogP contribution in [-0.4, -0.2) is 47.2 Å². The summed E-state index contributed by atoms with van der Waals surface area (Å²) < 4.78 is 13.1. The number of likely N-dealkylation sites (N-methyl/N-ethyl adjacent to an activating group) is 1. The summed E-state index contributed by atoms with van der Waals surface area (Å²) in [5, 5.41) is 10.4. The first-order valence-electron chi connectivity index (χ1n) is 10.8. The zero-order valence-electron chi connectivity index (χ0n) is 18.4. The maximum Gasteiger partial charge on any atom is 0.237 e. The maximum atomic E-state index is 13.1. The van der Waals surface area contributed by atoms with Gasteiger partial charge in [-0.1, -0.05) is 37.3 Å². The molecule has 3 aromatic rings. The van der Waals surface area contributed by atoms with Crippen LogP contribution in [0.4, 0.5) is 4.39 Å². The summed E-state index contributed by atoms with van der Waals surface area (Å²) in [7, 11) is 1.97. The number of hydrogen-bond acceptors (Lipinski definition) is 3. The van der Waals surface area contributed by atoms with Crippen molar-refractivity contribution in [2.24, 2.45) is 0 Å². The summed E-state index contributed by atoms with van der Waals surface area (Å²) in [6, 6.07) is 18.3. The number of nitrogens with zero attached hydrogens (tertiary/aromatic N) is 2. The number of carbonyl (C=O) groups excluding carboxylic acids is 1. The van der Waals surface area contributed by atoms with Crippen molar-refractivity contribution in [3.63, 3.8) is 0 Å². The van der Waals surface area contributed by atoms with Crippen LogP contribution in [0.3, 0.4) is 0 Å². The molecule has 164 valence electrons. The minimum absolute atomic E-state index is 0.0467. The Morgan fingerprint density at radius 3 is 2.55 bits per heavy atom. The number of benzene rings is 2. The van der Waals surface area contributed by atoms with E-state index in [4.69, 9.17) is 0 Å². The van der Waals surface area contributed by atoms with Crippen LogP contribution in [0.5, 0.6) is 0 Å². The van der Waals surface area contributed by atoms with Crippen LogP contribution in [0.1, 0.15) is 37.4 Å². The van der Waals surface area contributed by atoms with E-state index in [1.165, 1.54) is 17.7 Å². The SMILES string of the molecule is CC(CNC(=O)C(C)N(C)CCCc1cc(-c2ccc(F)cc2)n[nH]1)c1ccccc1. The summed E-state index contributed by atoms with van der Waals surface area (Å²) in [5.41, 5.74) is 3.95. The van der Waals surface area contributed by atoms with E-state index in [1.54, 1.807) is 12.1 Å². The number of aryl methyl sites for hydroxylation is 1. The van der Waals surface area contributed by atoms with Gasteiger partial charge in [0.25, 0.3) is 0 Å². The lowest BCUT2D eigenvalue weighted by Gasteiger charge is -2.24. The summed E-state index contributed by atoms with van der Waals surface area (Å²) in [6.45, 7) is 5.48. The van der Waals surface area contributed by atoms with Crippen LogP contribution >= 0.6 is 0 Å². The van der Waals surface area contributed by atoms with Crippen molar-refractivity contribution in [1.29, 1.82) is 0 Å². The summed E-state index contributed by atoms with van der Waals surface area (Å²) in [6.07, 6.45) is 1.73. The molecule has 31 heavy (non-hydrogen) atoms. The minimum atomic E-state index is -0.254. The topological polar surface area (TPSA) is 61.0 Å². The van der Waals surface area contributed by atoms with E-state index in [0.717, 1.165) is 36.3 Å². The first kappa shape index (κ1) is 22.7. The second-order valence-corrected chi connectivity index (χ2v) is 8.10. The molecule has 0 aliphatic rings. The molecule has 0 aliphatic heterocycles. The Labute approximate surface area is 183 Å². The molecule has 0 spiro atoms. The van der Waals surface area contributed by atoms with E-state index in [0.29, 0.717) is 6.54 Å². The van der Waals surface area contributed by atoms with E-state index < -0.39 is 0 Å². The Bertz CT molecular complexity index is 955. The highest BCUT2D eigenvalue weighted by molar-refractivity contribution is 5.81. The molecule has 0 fully saturated rings. The number of halogens is 1. The van der Waals surface area contributed by atoms with Gasteiger partial charge < -0.3 is 5.32 Å². The highest BCUT2D eigenvalue weighted by Gasteiger charge is 2.18. The number of aromatic nitrogens is 2. The van der Waals surface area contributed by atoms with Gasteiger partial charge in [-0.15, -0.1) is 0 Å². The molecular weight excluding hydrogens is 391 g/mol. The van der Waals surface area contributed by atoms with E-state index in [-0.39, 0.29) is 23.7 Å². The Hall–Kier alpha value is -2.99. The van der Waals surface area contributed by atoms with Crippen LogP contribution in [0.2, 0.25) is 0 Å². The summed E-state index contributed by atoms with van der Waals surface area (Å²) >= 11 is 0. The molecule has 0 bridgehead atoms. The zero-order valence-corrected chi connectivity index (χ0v) is 18.4. The van der Waals surface area contributed by atoms with Crippen molar-refractivity contribution in [3.05, 3.63) is 77.7 Å². The number of hydrogen-bond donors (Lipinski definition) is 2. The predicted octanol–water partition coefficient (Wildman–Crippen LogP) is 4.39. The molecule has 6 heteroatoms. The van der Waals surface area contributed by atoms with Gasteiger partial charge in [0.15, 0.2) is 0 Å². The van der Waals surface area contributed by atoms with E-state index in [2.05, 4.69) is 39.5 Å². The average Bonchev–Trinajstić information content (AvgIpc) is 3.26. The molecule has 0 aliphatic carbocycles. The first-order chi connectivity index (χ1) is 14.9. The van der Waals surface area contributed by atoms with E-state index in [1.807, 2.05) is 38.2 Å². The monoisotopic (exact) mass is 422 g/mol. The van der Waals surface area contributed by atoms with Crippen molar-refractivity contribution < 1.29 is 9.18 Å². The third kappa shape index (κ3) is 6.49. The Balaban J connectivity index is 1.41. The van der Waals surface area contributed by atoms with Gasteiger partial charge in [-0.05, 0) is 75.2 Å². The van der Waals surface area contributed by atoms with Crippen LogP contribution in [0.25, 0.3) is 11.3 Å². The summed E-state index contributed by atoms with van der Waals surface area (Å²) in [5.74, 6) is 0.0685. The predicted molar refractivity (Wildman–Crippen MR) is 122 cm³/mol. The molecule has 2 aromatic carbocycles. The Kier molecular flexibility index (Phi) is 7.95. The molecule has 2 unspecified atom stereocenters. The molecule has 1 heterocycles. The summed E-state index contributed by atoms with van der Waals surface area (Å²) in [4.78, 5) is 14.6. The zero-order chi connectivity index (χ0) is 22.2. The molecular formula is C25H31FN4O. The van der Waals surface area contributed by atoms with Gasteiger partial charge >= 0.3 is 0 Å². The number of carbonyl (C=O) groups is 1. The lowest BCUT2D eigenvalue weighted by Crippen LogP contribution is -2.44. The molecule has 1 aromatic heterocycles. The molecule has 5 nitrogen and oxygen atoms in total. The first-order valence-corrected chi connectivity index (χ1v) is 10.8. The van der Waals surface area contributed by atoms with Crippen molar-refractivity contribution in [2.75, 3.05) is 20.1 Å². The van der Waals surface area contributed by atoms with Crippen molar-refractivity contribution in [2.45, 2.75) is 38.6 Å². The van der Waals surface area contributed by atoms with Crippen molar-refractivity contribution in [3.8, 4) is 11.3 Å². The number of nitrogens with one attached hydrogen (secondary N) is 2.